The predicted molar refractivity (Wildman–Crippen MR) is 110 cm³/mol. The van der Waals surface area contributed by atoms with Crippen LogP contribution in [0.3, 0.4) is 0 Å². The van der Waals surface area contributed by atoms with Crippen LogP contribution in [0.25, 0.3) is 0 Å². The Labute approximate surface area is 163 Å². The zero-order valence-corrected chi connectivity index (χ0v) is 17.2. The minimum atomic E-state index is 0.299. The van der Waals surface area contributed by atoms with Crippen molar-refractivity contribution in [2.75, 3.05) is 24.6 Å². The third-order valence-corrected chi connectivity index (χ3v) is 5.72. The summed E-state index contributed by atoms with van der Waals surface area (Å²) in [5.41, 5.74) is 2.24. The fourth-order valence-electron chi connectivity index (χ4n) is 3.54. The lowest BCUT2D eigenvalue weighted by atomic mass is 9.84. The average Bonchev–Trinajstić information content (AvgIpc) is 3.15. The lowest BCUT2D eigenvalue weighted by molar-refractivity contribution is 0.220. The van der Waals surface area contributed by atoms with Gasteiger partial charge in [0.15, 0.2) is 13.7 Å². The molecule has 1 fully saturated rings. The van der Waals surface area contributed by atoms with Crippen molar-refractivity contribution < 1.29 is 9.26 Å². The van der Waals surface area contributed by atoms with Crippen LogP contribution >= 0.6 is 0 Å². The van der Waals surface area contributed by atoms with Crippen molar-refractivity contribution in [1.29, 1.82) is 0 Å². The van der Waals surface area contributed by atoms with Gasteiger partial charge < -0.3 is 14.2 Å². The highest BCUT2D eigenvalue weighted by Gasteiger charge is 2.26. The molecule has 0 amide bonds. The van der Waals surface area contributed by atoms with Gasteiger partial charge in [-0.2, -0.15) is 4.98 Å². The van der Waals surface area contributed by atoms with Gasteiger partial charge in [0.2, 0.25) is 0 Å². The van der Waals surface area contributed by atoms with Crippen LogP contribution in [-0.2, 0) is 0 Å². The standard InChI is InChI=1S/C20H31BN4O2/c1-13(2)19-23-20(27-24-19)25-8-5-16(6-9-25)14(3)7-10-26-17-11-15(4)18(21)22-12-17/h11-14,16H,5-10,21H2,1-4H3/t14-/m1/s1. The Balaban J connectivity index is 1.42. The number of anilines is 1. The van der Waals surface area contributed by atoms with Crippen LogP contribution in [0.2, 0.25) is 0 Å². The van der Waals surface area contributed by atoms with E-state index >= 15 is 0 Å². The molecule has 0 aliphatic carbocycles. The molecule has 1 atom stereocenters. The van der Waals surface area contributed by atoms with E-state index in [0.29, 0.717) is 17.9 Å². The van der Waals surface area contributed by atoms with Gasteiger partial charge in [-0.25, -0.2) is 0 Å². The predicted octanol–water partition coefficient (Wildman–Crippen LogP) is 2.48. The van der Waals surface area contributed by atoms with Crippen LogP contribution < -0.4 is 15.2 Å². The van der Waals surface area contributed by atoms with E-state index in [2.05, 4.69) is 53.8 Å². The molecule has 1 saturated heterocycles. The number of hydrogen-bond acceptors (Lipinski definition) is 6. The largest absolute Gasteiger partial charge is 0.492 e. The fourth-order valence-corrected chi connectivity index (χ4v) is 3.54. The maximum atomic E-state index is 5.91. The van der Waals surface area contributed by atoms with Crippen LogP contribution in [-0.4, -0.2) is 42.7 Å². The van der Waals surface area contributed by atoms with Gasteiger partial charge in [-0.1, -0.05) is 25.9 Å². The highest BCUT2D eigenvalue weighted by Crippen LogP contribution is 2.29. The second-order valence-corrected chi connectivity index (χ2v) is 8.10. The quantitative estimate of drug-likeness (QED) is 0.698. The topological polar surface area (TPSA) is 64.3 Å². The van der Waals surface area contributed by atoms with Gasteiger partial charge in [0.25, 0.3) is 0 Å². The first kappa shape index (κ1) is 19.7. The number of rotatable bonds is 7. The molecule has 0 aromatic carbocycles. The minimum Gasteiger partial charge on any atom is -0.492 e. The molecule has 6 nitrogen and oxygen atoms in total. The molecule has 7 heteroatoms. The summed E-state index contributed by atoms with van der Waals surface area (Å²) in [4.78, 5) is 11.1. The normalized spacial score (nSPS) is 16.7. The molecule has 1 aliphatic rings. The van der Waals surface area contributed by atoms with Gasteiger partial charge >= 0.3 is 6.01 Å². The number of nitrogens with zero attached hydrogens (tertiary/aromatic N) is 4. The number of aryl methyl sites for hydroxylation is 1. The van der Waals surface area contributed by atoms with Crippen molar-refractivity contribution in [1.82, 2.24) is 15.1 Å². The molecule has 3 rings (SSSR count). The van der Waals surface area contributed by atoms with Gasteiger partial charge in [0.05, 0.1) is 12.8 Å². The molecule has 146 valence electrons. The Hall–Kier alpha value is -2.05. The van der Waals surface area contributed by atoms with Crippen LogP contribution in [0.15, 0.2) is 16.8 Å². The summed E-state index contributed by atoms with van der Waals surface area (Å²) in [5, 5.41) is 4.08. The number of piperidine rings is 1. The Morgan fingerprint density at radius 2 is 2.04 bits per heavy atom. The molecular weight excluding hydrogens is 339 g/mol. The summed E-state index contributed by atoms with van der Waals surface area (Å²) in [6.45, 7) is 11.3. The highest BCUT2D eigenvalue weighted by atomic mass is 16.5. The molecule has 3 heterocycles. The summed E-state index contributed by atoms with van der Waals surface area (Å²) in [5.74, 6) is 3.32. The van der Waals surface area contributed by atoms with E-state index in [4.69, 9.17) is 9.26 Å². The van der Waals surface area contributed by atoms with E-state index in [1.165, 1.54) is 5.56 Å². The first-order chi connectivity index (χ1) is 12.9. The van der Waals surface area contributed by atoms with E-state index in [1.54, 1.807) is 0 Å². The summed E-state index contributed by atoms with van der Waals surface area (Å²) in [6.07, 6.45) is 5.20. The molecule has 0 saturated carbocycles. The molecule has 0 bridgehead atoms. The minimum absolute atomic E-state index is 0.299. The first-order valence-electron chi connectivity index (χ1n) is 10.1. The molecule has 1 aliphatic heterocycles. The lowest BCUT2D eigenvalue weighted by Crippen LogP contribution is -2.36. The molecule has 0 unspecified atom stereocenters. The second kappa shape index (κ2) is 8.76. The monoisotopic (exact) mass is 370 g/mol. The Bertz CT molecular complexity index is 741. The second-order valence-electron chi connectivity index (χ2n) is 8.10. The van der Waals surface area contributed by atoms with Crippen LogP contribution in [0.4, 0.5) is 6.01 Å². The van der Waals surface area contributed by atoms with Crippen molar-refractivity contribution in [2.45, 2.75) is 52.9 Å². The van der Waals surface area contributed by atoms with Gasteiger partial charge in [-0.3, -0.25) is 4.98 Å². The van der Waals surface area contributed by atoms with Crippen molar-refractivity contribution in [3.05, 3.63) is 23.7 Å². The molecule has 27 heavy (non-hydrogen) atoms. The number of ether oxygens (including phenoxy) is 1. The maximum Gasteiger partial charge on any atom is 0.324 e. The average molecular weight is 370 g/mol. The highest BCUT2D eigenvalue weighted by molar-refractivity contribution is 6.31. The van der Waals surface area contributed by atoms with Crippen LogP contribution in [0, 0.1) is 18.8 Å². The zero-order chi connectivity index (χ0) is 19.4. The molecule has 2 aromatic rings. The van der Waals surface area contributed by atoms with Crippen molar-refractivity contribution in [2.24, 2.45) is 11.8 Å². The summed E-state index contributed by atoms with van der Waals surface area (Å²) < 4.78 is 11.3. The lowest BCUT2D eigenvalue weighted by Gasteiger charge is -2.33. The maximum absolute atomic E-state index is 5.91. The third-order valence-electron chi connectivity index (χ3n) is 5.72. The molecular formula is C20H31BN4O2. The van der Waals surface area contributed by atoms with Gasteiger partial charge in [-0.15, -0.1) is 0 Å². The van der Waals surface area contributed by atoms with Crippen molar-refractivity contribution in [3.63, 3.8) is 0 Å². The Morgan fingerprint density at radius 3 is 2.67 bits per heavy atom. The number of aromatic nitrogens is 3. The summed E-state index contributed by atoms with van der Waals surface area (Å²) in [7, 11) is 2.02. The zero-order valence-electron chi connectivity index (χ0n) is 17.2. The fraction of sp³-hybridized carbons (Fsp3) is 0.650. The third kappa shape index (κ3) is 5.02. The molecule has 2 aromatic heterocycles. The Kier molecular flexibility index (Phi) is 6.40. The molecule has 0 spiro atoms. The van der Waals surface area contributed by atoms with Crippen LogP contribution in [0.5, 0.6) is 5.75 Å². The summed E-state index contributed by atoms with van der Waals surface area (Å²) in [6, 6.07) is 2.75. The molecule has 0 radical (unpaired) electrons. The van der Waals surface area contributed by atoms with E-state index in [1.807, 2.05) is 14.0 Å². The first-order valence-corrected chi connectivity index (χ1v) is 10.1. The van der Waals surface area contributed by atoms with E-state index in [9.17, 15) is 0 Å². The Morgan fingerprint density at radius 1 is 1.30 bits per heavy atom. The van der Waals surface area contributed by atoms with Gasteiger partial charge in [-0.05, 0) is 55.2 Å². The number of pyridine rings is 1. The van der Waals surface area contributed by atoms with Crippen LogP contribution in [0.1, 0.15) is 57.3 Å². The summed E-state index contributed by atoms with van der Waals surface area (Å²) >= 11 is 0. The van der Waals surface area contributed by atoms with Gasteiger partial charge in [0, 0.05) is 19.0 Å². The van der Waals surface area contributed by atoms with Crippen molar-refractivity contribution in [3.8, 4) is 5.75 Å². The van der Waals surface area contributed by atoms with E-state index < -0.39 is 0 Å². The van der Waals surface area contributed by atoms with E-state index in [0.717, 1.165) is 62.0 Å². The van der Waals surface area contributed by atoms with Gasteiger partial charge in [0.1, 0.15) is 5.75 Å². The SMILES string of the molecule is Bc1ncc(OCC[C@@H](C)C2CCN(c3nc(C(C)C)no3)CC2)cc1C. The van der Waals surface area contributed by atoms with E-state index in [-0.39, 0.29) is 0 Å². The number of hydrogen-bond donors (Lipinski definition) is 0. The smallest absolute Gasteiger partial charge is 0.324 e. The molecule has 0 N–H and O–H groups in total. The van der Waals surface area contributed by atoms with Crippen molar-refractivity contribution >= 4 is 19.5 Å².